The van der Waals surface area contributed by atoms with Gasteiger partial charge in [-0.3, -0.25) is 4.79 Å². The van der Waals surface area contributed by atoms with Crippen molar-refractivity contribution in [1.29, 1.82) is 0 Å². The van der Waals surface area contributed by atoms with Gasteiger partial charge in [0, 0.05) is 18.6 Å². The summed E-state index contributed by atoms with van der Waals surface area (Å²) in [6.45, 7) is 4.25. The summed E-state index contributed by atoms with van der Waals surface area (Å²) in [6.07, 6.45) is -0.0777. The molecule has 0 radical (unpaired) electrons. The second-order valence-corrected chi connectivity index (χ2v) is 5.27. The van der Waals surface area contributed by atoms with E-state index < -0.39 is 6.04 Å². The van der Waals surface area contributed by atoms with Crippen LogP contribution in [0.15, 0.2) is 24.3 Å². The molecule has 1 aliphatic heterocycles. The molecule has 4 atom stereocenters. The lowest BCUT2D eigenvalue weighted by Gasteiger charge is -2.25. The number of amides is 1. The third kappa shape index (κ3) is 2.94. The van der Waals surface area contributed by atoms with Crippen LogP contribution in [0.5, 0.6) is 5.75 Å². The minimum atomic E-state index is -0.651. The van der Waals surface area contributed by atoms with E-state index in [2.05, 4.69) is 18.3 Å². The molecule has 1 aliphatic rings. The number of methoxy groups -OCH3 is 1. The Labute approximate surface area is 119 Å². The van der Waals surface area contributed by atoms with Gasteiger partial charge in [0.2, 0.25) is 5.91 Å². The highest BCUT2D eigenvalue weighted by atomic mass is 16.5. The zero-order chi connectivity index (χ0) is 14.7. The molecule has 3 N–H and O–H groups in total. The molecule has 2 rings (SSSR count). The van der Waals surface area contributed by atoms with E-state index in [9.17, 15) is 4.79 Å². The molecule has 0 saturated carbocycles. The number of carbonyl (C=O) groups excluding carboxylic acids is 1. The van der Waals surface area contributed by atoms with Crippen molar-refractivity contribution >= 4 is 5.91 Å². The van der Waals surface area contributed by atoms with E-state index in [1.165, 1.54) is 12.7 Å². The van der Waals surface area contributed by atoms with E-state index in [0.717, 1.165) is 5.75 Å². The van der Waals surface area contributed by atoms with Crippen molar-refractivity contribution in [3.63, 3.8) is 0 Å². The maximum Gasteiger partial charge on any atom is 0.239 e. The lowest BCUT2D eigenvalue weighted by molar-refractivity contribution is -0.124. The molecule has 110 valence electrons. The van der Waals surface area contributed by atoms with Crippen LogP contribution < -0.4 is 15.8 Å². The molecule has 0 unspecified atom stereocenters. The molecule has 5 nitrogen and oxygen atoms in total. The summed E-state index contributed by atoms with van der Waals surface area (Å²) >= 11 is 0. The number of rotatable bonds is 5. The van der Waals surface area contributed by atoms with Crippen LogP contribution in [0.4, 0.5) is 0 Å². The molecule has 20 heavy (non-hydrogen) atoms. The highest BCUT2D eigenvalue weighted by Crippen LogP contribution is 2.38. The van der Waals surface area contributed by atoms with Crippen LogP contribution in [0.3, 0.4) is 0 Å². The maximum atomic E-state index is 11.9. The van der Waals surface area contributed by atoms with Gasteiger partial charge >= 0.3 is 0 Å². The Morgan fingerprint density at radius 1 is 1.50 bits per heavy atom. The summed E-state index contributed by atoms with van der Waals surface area (Å²) in [5.41, 5.74) is 6.90. The molecule has 0 saturated heterocycles. The smallest absolute Gasteiger partial charge is 0.239 e. The average Bonchev–Trinajstić information content (AvgIpc) is 2.77. The summed E-state index contributed by atoms with van der Waals surface area (Å²) < 4.78 is 10.8. The molecule has 5 heteroatoms. The van der Waals surface area contributed by atoms with E-state index in [-0.39, 0.29) is 30.6 Å². The van der Waals surface area contributed by atoms with E-state index in [4.69, 9.17) is 15.2 Å². The molecule has 1 amide bonds. The number of carbonyl (C=O) groups is 1. The van der Waals surface area contributed by atoms with Crippen molar-refractivity contribution in [3.8, 4) is 5.75 Å². The molecule has 0 spiro atoms. The Kier molecular flexibility index (Phi) is 4.62. The molecular formula is C15H22N2O3. The van der Waals surface area contributed by atoms with Crippen LogP contribution in [-0.4, -0.2) is 37.8 Å². The van der Waals surface area contributed by atoms with Gasteiger partial charge in [-0.05, 0) is 13.0 Å². The number of ether oxygens (including phenoxy) is 2. The largest absolute Gasteiger partial charge is 0.487 e. The highest BCUT2D eigenvalue weighted by Gasteiger charge is 2.35. The van der Waals surface area contributed by atoms with Gasteiger partial charge in [-0.1, -0.05) is 25.1 Å². The Morgan fingerprint density at radius 3 is 2.85 bits per heavy atom. The van der Waals surface area contributed by atoms with Crippen LogP contribution in [0.1, 0.15) is 25.3 Å². The summed E-state index contributed by atoms with van der Waals surface area (Å²) in [6, 6.07) is 7.20. The lowest BCUT2D eigenvalue weighted by Crippen LogP contribution is -2.51. The number of nitrogens with two attached hydrogens (primary N) is 1. The number of hydrogen-bond acceptors (Lipinski definition) is 4. The zero-order valence-corrected chi connectivity index (χ0v) is 12.1. The van der Waals surface area contributed by atoms with Crippen molar-refractivity contribution in [1.82, 2.24) is 5.32 Å². The van der Waals surface area contributed by atoms with Gasteiger partial charge in [0.25, 0.3) is 0 Å². The van der Waals surface area contributed by atoms with Crippen molar-refractivity contribution in [2.24, 2.45) is 5.73 Å². The van der Waals surface area contributed by atoms with E-state index in [1.54, 1.807) is 0 Å². The Morgan fingerprint density at radius 2 is 2.20 bits per heavy atom. The summed E-state index contributed by atoms with van der Waals surface area (Å²) in [5, 5.41) is 2.90. The monoisotopic (exact) mass is 278 g/mol. The van der Waals surface area contributed by atoms with Crippen LogP contribution >= 0.6 is 0 Å². The first kappa shape index (κ1) is 14.8. The van der Waals surface area contributed by atoms with Gasteiger partial charge < -0.3 is 20.5 Å². The maximum absolute atomic E-state index is 11.9. The SMILES string of the molecule is COC[C@H](N)C(=O)N[C@H](C)[C@@H]1Oc2ccccc2[C@@H]1C. The number of benzene rings is 1. The number of fused-ring (bicyclic) bond motifs is 1. The molecule has 0 bridgehead atoms. The normalized spacial score (nSPS) is 23.6. The fourth-order valence-corrected chi connectivity index (χ4v) is 2.59. The number of nitrogens with one attached hydrogen (secondary N) is 1. The second-order valence-electron chi connectivity index (χ2n) is 5.27. The predicted molar refractivity (Wildman–Crippen MR) is 76.7 cm³/mol. The van der Waals surface area contributed by atoms with Gasteiger partial charge in [-0.15, -0.1) is 0 Å². The van der Waals surface area contributed by atoms with Crippen molar-refractivity contribution in [2.75, 3.05) is 13.7 Å². The fourth-order valence-electron chi connectivity index (χ4n) is 2.59. The van der Waals surface area contributed by atoms with Gasteiger partial charge in [0.05, 0.1) is 12.6 Å². The van der Waals surface area contributed by atoms with Gasteiger partial charge in [-0.25, -0.2) is 0 Å². The minimum absolute atomic E-state index is 0.0777. The Hall–Kier alpha value is -1.59. The molecule has 1 aromatic rings. The Balaban J connectivity index is 1.98. The van der Waals surface area contributed by atoms with Crippen LogP contribution in [0, 0.1) is 0 Å². The third-order valence-corrected chi connectivity index (χ3v) is 3.71. The van der Waals surface area contributed by atoms with Crippen molar-refractivity contribution in [2.45, 2.75) is 38.0 Å². The number of hydrogen-bond donors (Lipinski definition) is 2. The molecule has 0 aromatic heterocycles. The van der Waals surface area contributed by atoms with Crippen LogP contribution in [0.2, 0.25) is 0 Å². The van der Waals surface area contributed by atoms with Crippen LogP contribution in [0.25, 0.3) is 0 Å². The van der Waals surface area contributed by atoms with Gasteiger partial charge in [0.1, 0.15) is 17.9 Å². The van der Waals surface area contributed by atoms with E-state index in [0.29, 0.717) is 0 Å². The van der Waals surface area contributed by atoms with Gasteiger partial charge in [0.15, 0.2) is 0 Å². The summed E-state index contributed by atoms with van der Waals surface area (Å²) in [7, 11) is 1.52. The first-order chi connectivity index (χ1) is 9.54. The second kappa shape index (κ2) is 6.24. The van der Waals surface area contributed by atoms with Crippen LogP contribution in [-0.2, 0) is 9.53 Å². The number of para-hydroxylation sites is 1. The fraction of sp³-hybridized carbons (Fsp3) is 0.533. The van der Waals surface area contributed by atoms with E-state index >= 15 is 0 Å². The molecule has 0 aliphatic carbocycles. The van der Waals surface area contributed by atoms with Gasteiger partial charge in [-0.2, -0.15) is 0 Å². The van der Waals surface area contributed by atoms with E-state index in [1.807, 2.05) is 25.1 Å². The first-order valence-corrected chi connectivity index (χ1v) is 6.85. The Bertz CT molecular complexity index is 478. The van der Waals surface area contributed by atoms with Crippen molar-refractivity contribution in [3.05, 3.63) is 29.8 Å². The standard InChI is InChI=1S/C15H22N2O3/c1-9-11-6-4-5-7-13(11)20-14(9)10(2)17-15(18)12(16)8-19-3/h4-7,9-10,12,14H,8,16H2,1-3H3,(H,17,18)/t9-,10+,12-,14+/m0/s1. The zero-order valence-electron chi connectivity index (χ0n) is 12.1. The molecule has 1 aromatic carbocycles. The quantitative estimate of drug-likeness (QED) is 0.843. The average molecular weight is 278 g/mol. The summed E-state index contributed by atoms with van der Waals surface area (Å²) in [5.74, 6) is 0.915. The lowest BCUT2D eigenvalue weighted by atomic mass is 9.93. The summed E-state index contributed by atoms with van der Waals surface area (Å²) in [4.78, 5) is 11.9. The molecule has 0 fully saturated rings. The molecule has 1 heterocycles. The molecular weight excluding hydrogens is 256 g/mol. The topological polar surface area (TPSA) is 73.6 Å². The predicted octanol–water partition coefficient (Wildman–Crippen LogP) is 1.03. The van der Waals surface area contributed by atoms with Crippen molar-refractivity contribution < 1.29 is 14.3 Å². The third-order valence-electron chi connectivity index (χ3n) is 3.71. The first-order valence-electron chi connectivity index (χ1n) is 6.85. The minimum Gasteiger partial charge on any atom is -0.487 e. The highest BCUT2D eigenvalue weighted by molar-refractivity contribution is 5.82.